The maximum atomic E-state index is 12.3. The summed E-state index contributed by atoms with van der Waals surface area (Å²) in [4.78, 5) is 0.368. The molecule has 0 aliphatic heterocycles. The summed E-state index contributed by atoms with van der Waals surface area (Å²) in [6.45, 7) is 4.94. The molecule has 1 aromatic rings. The molecule has 1 aliphatic rings. The average Bonchev–Trinajstić information content (AvgIpc) is 3.21. The number of halogens is 1. The number of hydrogen-bond acceptors (Lipinski definition) is 3. The smallest absolute Gasteiger partial charge is 0.240 e. The van der Waals surface area contributed by atoms with Crippen LogP contribution in [0.2, 0.25) is 0 Å². The van der Waals surface area contributed by atoms with Gasteiger partial charge in [-0.05, 0) is 49.4 Å². The summed E-state index contributed by atoms with van der Waals surface area (Å²) in [5.41, 5.74) is 1.75. The number of nitrogens with one attached hydrogen (secondary N) is 2. The molecular weight excluding hydrogens is 340 g/mol. The minimum absolute atomic E-state index is 0.368. The fourth-order valence-electron chi connectivity index (χ4n) is 1.95. The lowest BCUT2D eigenvalue weighted by Crippen LogP contribution is -2.25. The number of hydrogen-bond donors (Lipinski definition) is 2. The van der Waals surface area contributed by atoms with Gasteiger partial charge in [0, 0.05) is 23.6 Å². The van der Waals surface area contributed by atoms with Gasteiger partial charge in [0.1, 0.15) is 0 Å². The van der Waals surface area contributed by atoms with Crippen LogP contribution in [-0.4, -0.2) is 21.0 Å². The second-order valence-electron chi connectivity index (χ2n) is 5.25. The first kappa shape index (κ1) is 15.9. The predicted molar refractivity (Wildman–Crippen MR) is 84.2 cm³/mol. The van der Waals surface area contributed by atoms with Crippen LogP contribution in [-0.2, 0) is 16.6 Å². The third-order valence-corrected chi connectivity index (χ3v) is 5.77. The van der Waals surface area contributed by atoms with E-state index in [1.54, 1.807) is 6.07 Å². The van der Waals surface area contributed by atoms with E-state index >= 15 is 0 Å². The van der Waals surface area contributed by atoms with E-state index in [1.807, 2.05) is 19.9 Å². The van der Waals surface area contributed by atoms with Crippen molar-refractivity contribution in [1.29, 1.82) is 0 Å². The van der Waals surface area contributed by atoms with Crippen molar-refractivity contribution in [3.63, 3.8) is 0 Å². The maximum absolute atomic E-state index is 12.3. The normalized spacial score (nSPS) is 15.6. The van der Waals surface area contributed by atoms with Crippen molar-refractivity contribution in [2.24, 2.45) is 0 Å². The SMILES string of the molecule is CCCNS(=O)(=O)c1cc(CNC2CC2)cc(Br)c1C. The Hall–Kier alpha value is -0.430. The second kappa shape index (κ2) is 6.56. The maximum Gasteiger partial charge on any atom is 0.240 e. The zero-order valence-corrected chi connectivity index (χ0v) is 14.3. The Bertz CT molecular complexity index is 583. The molecule has 2 rings (SSSR count). The van der Waals surface area contributed by atoms with Gasteiger partial charge in [-0.1, -0.05) is 22.9 Å². The largest absolute Gasteiger partial charge is 0.310 e. The standard InChI is InChI=1S/C14H21BrN2O2S/c1-3-6-17-20(18,19)14-8-11(7-13(15)10(14)2)9-16-12-4-5-12/h7-8,12,16-17H,3-6,9H2,1-2H3. The molecule has 4 nitrogen and oxygen atoms in total. The Morgan fingerprint density at radius 3 is 2.65 bits per heavy atom. The van der Waals surface area contributed by atoms with Crippen molar-refractivity contribution in [3.8, 4) is 0 Å². The van der Waals surface area contributed by atoms with Crippen molar-refractivity contribution in [2.45, 2.75) is 50.6 Å². The molecule has 2 N–H and O–H groups in total. The molecule has 6 heteroatoms. The second-order valence-corrected chi connectivity index (χ2v) is 7.84. The van der Waals surface area contributed by atoms with Crippen molar-refractivity contribution in [3.05, 3.63) is 27.7 Å². The van der Waals surface area contributed by atoms with Crippen LogP contribution < -0.4 is 10.0 Å². The van der Waals surface area contributed by atoms with E-state index in [2.05, 4.69) is 26.0 Å². The van der Waals surface area contributed by atoms with Crippen LogP contribution in [0.4, 0.5) is 0 Å². The fraction of sp³-hybridized carbons (Fsp3) is 0.571. The van der Waals surface area contributed by atoms with E-state index in [0.717, 1.165) is 22.0 Å². The summed E-state index contributed by atoms with van der Waals surface area (Å²) in [7, 11) is -3.43. The summed E-state index contributed by atoms with van der Waals surface area (Å²) in [6, 6.07) is 4.37. The van der Waals surface area contributed by atoms with E-state index in [-0.39, 0.29) is 0 Å². The summed E-state index contributed by atoms with van der Waals surface area (Å²) < 4.78 is 28.1. The fourth-order valence-corrected chi connectivity index (χ4v) is 4.04. The lowest BCUT2D eigenvalue weighted by molar-refractivity contribution is 0.579. The first-order chi connectivity index (χ1) is 9.44. The molecule has 0 amide bonds. The molecule has 0 saturated heterocycles. The van der Waals surface area contributed by atoms with Gasteiger partial charge in [0.25, 0.3) is 0 Å². The van der Waals surface area contributed by atoms with Gasteiger partial charge >= 0.3 is 0 Å². The molecule has 1 fully saturated rings. The molecule has 0 spiro atoms. The monoisotopic (exact) mass is 360 g/mol. The first-order valence-corrected chi connectivity index (χ1v) is 9.23. The molecule has 0 bridgehead atoms. The van der Waals surface area contributed by atoms with Crippen LogP contribution in [0.15, 0.2) is 21.5 Å². The van der Waals surface area contributed by atoms with Crippen molar-refractivity contribution < 1.29 is 8.42 Å². The van der Waals surface area contributed by atoms with Crippen molar-refractivity contribution in [1.82, 2.24) is 10.0 Å². The molecule has 0 radical (unpaired) electrons. The van der Waals surface area contributed by atoms with Crippen LogP contribution in [0.5, 0.6) is 0 Å². The zero-order valence-electron chi connectivity index (χ0n) is 11.9. The van der Waals surface area contributed by atoms with Gasteiger partial charge in [-0.25, -0.2) is 13.1 Å². The quantitative estimate of drug-likeness (QED) is 0.785. The van der Waals surface area contributed by atoms with Crippen LogP contribution in [0.3, 0.4) is 0 Å². The Kier molecular flexibility index (Phi) is 5.23. The summed E-state index contributed by atoms with van der Waals surface area (Å²) in [5, 5.41) is 3.41. The molecule has 1 saturated carbocycles. The Balaban J connectivity index is 2.25. The van der Waals surface area contributed by atoms with Crippen LogP contribution in [0, 0.1) is 6.92 Å². The Morgan fingerprint density at radius 2 is 2.05 bits per heavy atom. The van der Waals surface area contributed by atoms with E-state index in [9.17, 15) is 8.42 Å². The van der Waals surface area contributed by atoms with Gasteiger partial charge in [-0.2, -0.15) is 0 Å². The molecule has 112 valence electrons. The summed E-state index contributed by atoms with van der Waals surface area (Å²) in [6.07, 6.45) is 3.22. The molecule has 0 unspecified atom stereocenters. The summed E-state index contributed by atoms with van der Waals surface area (Å²) in [5.74, 6) is 0. The van der Waals surface area contributed by atoms with Crippen LogP contribution in [0.25, 0.3) is 0 Å². The Labute approximate surface area is 129 Å². The highest BCUT2D eigenvalue weighted by atomic mass is 79.9. The lowest BCUT2D eigenvalue weighted by Gasteiger charge is -2.13. The number of sulfonamides is 1. The third kappa shape index (κ3) is 4.04. The molecule has 0 atom stereocenters. The molecule has 1 aromatic carbocycles. The van der Waals surface area contributed by atoms with Gasteiger partial charge in [0.2, 0.25) is 10.0 Å². The highest BCUT2D eigenvalue weighted by Gasteiger charge is 2.22. The van der Waals surface area contributed by atoms with E-state index in [1.165, 1.54) is 12.8 Å². The van der Waals surface area contributed by atoms with Gasteiger partial charge in [-0.3, -0.25) is 0 Å². The van der Waals surface area contributed by atoms with E-state index in [0.29, 0.717) is 24.0 Å². The highest BCUT2D eigenvalue weighted by molar-refractivity contribution is 9.10. The first-order valence-electron chi connectivity index (χ1n) is 6.96. The molecule has 0 heterocycles. The average molecular weight is 361 g/mol. The molecule has 20 heavy (non-hydrogen) atoms. The van der Waals surface area contributed by atoms with Gasteiger partial charge in [0.15, 0.2) is 0 Å². The van der Waals surface area contributed by atoms with Gasteiger partial charge in [0.05, 0.1) is 4.90 Å². The number of rotatable bonds is 7. The Morgan fingerprint density at radius 1 is 1.35 bits per heavy atom. The minimum Gasteiger partial charge on any atom is -0.310 e. The highest BCUT2D eigenvalue weighted by Crippen LogP contribution is 2.26. The van der Waals surface area contributed by atoms with E-state index < -0.39 is 10.0 Å². The summed E-state index contributed by atoms with van der Waals surface area (Å²) >= 11 is 3.46. The molecule has 1 aliphatic carbocycles. The molecular formula is C14H21BrN2O2S. The minimum atomic E-state index is -3.43. The van der Waals surface area contributed by atoms with Crippen molar-refractivity contribution in [2.75, 3.05) is 6.54 Å². The number of benzene rings is 1. The predicted octanol–water partition coefficient (Wildman–Crippen LogP) is 2.70. The zero-order chi connectivity index (χ0) is 14.8. The third-order valence-electron chi connectivity index (χ3n) is 3.36. The van der Waals surface area contributed by atoms with Crippen molar-refractivity contribution >= 4 is 26.0 Å². The lowest BCUT2D eigenvalue weighted by atomic mass is 10.1. The van der Waals surface area contributed by atoms with E-state index in [4.69, 9.17) is 0 Å². The molecule has 0 aromatic heterocycles. The van der Waals surface area contributed by atoms with Crippen LogP contribution in [0.1, 0.15) is 37.3 Å². The van der Waals surface area contributed by atoms with Crippen LogP contribution >= 0.6 is 15.9 Å². The van der Waals surface area contributed by atoms with Gasteiger partial charge < -0.3 is 5.32 Å². The van der Waals surface area contributed by atoms with Gasteiger partial charge in [-0.15, -0.1) is 0 Å². The topological polar surface area (TPSA) is 58.2 Å².